The molecule has 0 aromatic carbocycles. The van der Waals surface area contributed by atoms with Gasteiger partial charge in [-0.15, -0.1) is 6.58 Å². The van der Waals surface area contributed by atoms with Gasteiger partial charge in [0, 0.05) is 12.8 Å². The van der Waals surface area contributed by atoms with Crippen LogP contribution in [-0.2, 0) is 14.3 Å². The Balaban J connectivity index is 2.79. The van der Waals surface area contributed by atoms with Gasteiger partial charge in [-0.25, -0.2) is 0 Å². The van der Waals surface area contributed by atoms with Crippen molar-refractivity contribution in [3.05, 3.63) is 12.7 Å². The molecule has 1 fully saturated rings. The van der Waals surface area contributed by atoms with Gasteiger partial charge in [-0.1, -0.05) is 6.08 Å². The summed E-state index contributed by atoms with van der Waals surface area (Å²) in [5.41, 5.74) is -0.745. The summed E-state index contributed by atoms with van der Waals surface area (Å²) in [6.45, 7) is 5.75. The van der Waals surface area contributed by atoms with Crippen molar-refractivity contribution in [3.63, 3.8) is 0 Å². The fraction of sp³-hybridized carbons (Fsp3) is 0.636. The van der Waals surface area contributed by atoms with E-state index < -0.39 is 5.41 Å². The van der Waals surface area contributed by atoms with Crippen LogP contribution >= 0.6 is 0 Å². The Morgan fingerprint density at radius 3 is 2.93 bits per heavy atom. The molecule has 0 N–H and O–H groups in total. The lowest BCUT2D eigenvalue weighted by Crippen LogP contribution is -2.36. The van der Waals surface area contributed by atoms with Gasteiger partial charge in [0.2, 0.25) is 0 Å². The van der Waals surface area contributed by atoms with Crippen molar-refractivity contribution >= 4 is 11.8 Å². The van der Waals surface area contributed by atoms with Gasteiger partial charge in [0.1, 0.15) is 5.78 Å². The van der Waals surface area contributed by atoms with Crippen molar-refractivity contribution < 1.29 is 14.3 Å². The zero-order valence-corrected chi connectivity index (χ0v) is 8.54. The molecule has 0 amide bonds. The van der Waals surface area contributed by atoms with Crippen LogP contribution in [-0.4, -0.2) is 18.4 Å². The number of carbonyl (C=O) groups is 2. The van der Waals surface area contributed by atoms with Gasteiger partial charge in [-0.05, 0) is 19.8 Å². The van der Waals surface area contributed by atoms with E-state index >= 15 is 0 Å². The molecular weight excluding hydrogens is 180 g/mol. The van der Waals surface area contributed by atoms with E-state index in [0.717, 1.165) is 6.42 Å². The first-order chi connectivity index (χ1) is 6.64. The zero-order valence-electron chi connectivity index (χ0n) is 8.54. The summed E-state index contributed by atoms with van der Waals surface area (Å²) in [6, 6.07) is 0. The smallest absolute Gasteiger partial charge is 0.316 e. The van der Waals surface area contributed by atoms with Crippen LogP contribution in [0.25, 0.3) is 0 Å². The van der Waals surface area contributed by atoms with E-state index in [2.05, 4.69) is 6.58 Å². The third-order valence-corrected chi connectivity index (χ3v) is 2.66. The van der Waals surface area contributed by atoms with Gasteiger partial charge in [-0.2, -0.15) is 0 Å². The SMILES string of the molecule is C=CC1(C(=O)OCC)CCCC(=O)C1. The lowest BCUT2D eigenvalue weighted by atomic mass is 9.73. The van der Waals surface area contributed by atoms with E-state index in [1.165, 1.54) is 0 Å². The molecule has 0 aromatic rings. The highest BCUT2D eigenvalue weighted by atomic mass is 16.5. The molecule has 1 aliphatic carbocycles. The normalized spacial score (nSPS) is 27.1. The Bertz CT molecular complexity index is 257. The van der Waals surface area contributed by atoms with Crippen molar-refractivity contribution in [2.45, 2.75) is 32.6 Å². The summed E-state index contributed by atoms with van der Waals surface area (Å²) in [6.07, 6.45) is 3.84. The molecule has 1 rings (SSSR count). The molecule has 14 heavy (non-hydrogen) atoms. The Morgan fingerprint density at radius 2 is 2.43 bits per heavy atom. The van der Waals surface area contributed by atoms with Crippen LogP contribution in [0, 0.1) is 5.41 Å². The third-order valence-electron chi connectivity index (χ3n) is 2.66. The number of ether oxygens (including phenoxy) is 1. The molecule has 0 radical (unpaired) electrons. The Labute approximate surface area is 84.1 Å². The highest BCUT2D eigenvalue weighted by Crippen LogP contribution is 2.36. The molecule has 1 saturated carbocycles. The average Bonchev–Trinajstić information content (AvgIpc) is 2.18. The molecule has 1 atom stereocenters. The van der Waals surface area contributed by atoms with Gasteiger partial charge in [0.15, 0.2) is 0 Å². The first kappa shape index (κ1) is 11.0. The van der Waals surface area contributed by atoms with E-state index in [-0.39, 0.29) is 18.2 Å². The second-order valence-corrected chi connectivity index (χ2v) is 3.65. The van der Waals surface area contributed by atoms with Crippen molar-refractivity contribution in [3.8, 4) is 0 Å². The standard InChI is InChI=1S/C11H16O3/c1-3-11(10(13)14-4-2)7-5-6-9(12)8-11/h3H,1,4-8H2,2H3. The predicted octanol–water partition coefficient (Wildman–Crippen LogP) is 1.86. The molecule has 0 heterocycles. The largest absolute Gasteiger partial charge is 0.465 e. The highest BCUT2D eigenvalue weighted by molar-refractivity contribution is 5.89. The van der Waals surface area contributed by atoms with E-state index in [4.69, 9.17) is 4.74 Å². The maximum atomic E-state index is 11.7. The first-order valence-electron chi connectivity index (χ1n) is 4.97. The van der Waals surface area contributed by atoms with Crippen molar-refractivity contribution in [1.82, 2.24) is 0 Å². The Hall–Kier alpha value is -1.12. The van der Waals surface area contributed by atoms with E-state index in [0.29, 0.717) is 19.4 Å². The molecule has 3 nitrogen and oxygen atoms in total. The molecular formula is C11H16O3. The predicted molar refractivity (Wildman–Crippen MR) is 52.7 cm³/mol. The van der Waals surface area contributed by atoms with Gasteiger partial charge in [0.05, 0.1) is 12.0 Å². The number of carbonyl (C=O) groups excluding carboxylic acids is 2. The fourth-order valence-electron chi connectivity index (χ4n) is 1.84. The minimum atomic E-state index is -0.745. The van der Waals surface area contributed by atoms with E-state index in [1.54, 1.807) is 13.0 Å². The van der Waals surface area contributed by atoms with Crippen LogP contribution in [0.2, 0.25) is 0 Å². The van der Waals surface area contributed by atoms with Crippen LogP contribution < -0.4 is 0 Å². The lowest BCUT2D eigenvalue weighted by molar-refractivity contribution is -0.156. The molecule has 0 aliphatic heterocycles. The summed E-state index contributed by atoms with van der Waals surface area (Å²) in [4.78, 5) is 22.9. The van der Waals surface area contributed by atoms with Crippen LogP contribution in [0.4, 0.5) is 0 Å². The van der Waals surface area contributed by atoms with Gasteiger partial charge in [0.25, 0.3) is 0 Å². The van der Waals surface area contributed by atoms with Crippen molar-refractivity contribution in [1.29, 1.82) is 0 Å². The molecule has 0 saturated heterocycles. The Morgan fingerprint density at radius 1 is 1.71 bits per heavy atom. The number of hydrogen-bond acceptors (Lipinski definition) is 3. The minimum absolute atomic E-state index is 0.129. The number of hydrogen-bond donors (Lipinski definition) is 0. The van der Waals surface area contributed by atoms with E-state index in [1.807, 2.05) is 0 Å². The van der Waals surface area contributed by atoms with Gasteiger partial charge < -0.3 is 4.74 Å². The topological polar surface area (TPSA) is 43.4 Å². The van der Waals surface area contributed by atoms with E-state index in [9.17, 15) is 9.59 Å². The fourth-order valence-corrected chi connectivity index (χ4v) is 1.84. The molecule has 0 bridgehead atoms. The van der Waals surface area contributed by atoms with Crippen LogP contribution in [0.1, 0.15) is 32.6 Å². The summed E-state index contributed by atoms with van der Waals surface area (Å²) < 4.78 is 4.96. The quantitative estimate of drug-likeness (QED) is 0.511. The monoisotopic (exact) mass is 196 g/mol. The number of rotatable bonds is 3. The molecule has 0 aromatic heterocycles. The summed E-state index contributed by atoms with van der Waals surface area (Å²) >= 11 is 0. The average molecular weight is 196 g/mol. The number of ketones is 1. The number of Topliss-reactive ketones (excluding diaryl/α,β-unsaturated/α-hetero) is 1. The van der Waals surface area contributed by atoms with Crippen molar-refractivity contribution in [2.24, 2.45) is 5.41 Å². The number of esters is 1. The van der Waals surface area contributed by atoms with Crippen LogP contribution in [0.5, 0.6) is 0 Å². The van der Waals surface area contributed by atoms with Crippen LogP contribution in [0.15, 0.2) is 12.7 Å². The second-order valence-electron chi connectivity index (χ2n) is 3.65. The zero-order chi connectivity index (χ0) is 10.6. The van der Waals surface area contributed by atoms with Gasteiger partial charge in [-0.3, -0.25) is 9.59 Å². The maximum absolute atomic E-state index is 11.7. The molecule has 78 valence electrons. The molecule has 1 unspecified atom stereocenters. The minimum Gasteiger partial charge on any atom is -0.465 e. The summed E-state index contributed by atoms with van der Waals surface area (Å²) in [7, 11) is 0. The molecule has 1 aliphatic rings. The Kier molecular flexibility index (Phi) is 3.44. The summed E-state index contributed by atoms with van der Waals surface area (Å²) in [5, 5.41) is 0. The second kappa shape index (κ2) is 4.40. The summed E-state index contributed by atoms with van der Waals surface area (Å²) in [5.74, 6) is -0.174. The van der Waals surface area contributed by atoms with Gasteiger partial charge >= 0.3 is 5.97 Å². The molecule has 0 spiro atoms. The first-order valence-corrected chi connectivity index (χ1v) is 4.97. The third kappa shape index (κ3) is 2.03. The lowest BCUT2D eigenvalue weighted by Gasteiger charge is -2.30. The van der Waals surface area contributed by atoms with Crippen molar-refractivity contribution in [2.75, 3.05) is 6.61 Å². The highest BCUT2D eigenvalue weighted by Gasteiger charge is 2.40. The maximum Gasteiger partial charge on any atom is 0.316 e. The van der Waals surface area contributed by atoms with Crippen LogP contribution in [0.3, 0.4) is 0 Å². The molecule has 3 heteroatoms.